The second-order valence-corrected chi connectivity index (χ2v) is 10.5. The molecule has 1 aromatic heterocycles. The Kier molecular flexibility index (Phi) is 9.78. The average Bonchev–Trinajstić information content (AvgIpc) is 2.96. The van der Waals surface area contributed by atoms with Crippen LogP contribution in [0.2, 0.25) is 5.02 Å². The Hall–Kier alpha value is -2.07. The number of aliphatic hydroxyl groups excluding tert-OH is 1. The van der Waals surface area contributed by atoms with E-state index in [9.17, 15) is 14.3 Å². The van der Waals surface area contributed by atoms with Gasteiger partial charge in [-0.2, -0.15) is 5.10 Å². The first-order chi connectivity index (χ1) is 15.4. The van der Waals surface area contributed by atoms with Crippen molar-refractivity contribution in [1.29, 1.82) is 0 Å². The van der Waals surface area contributed by atoms with Crippen LogP contribution in [0.1, 0.15) is 43.3 Å². The molecule has 0 aliphatic heterocycles. The van der Waals surface area contributed by atoms with Gasteiger partial charge in [-0.3, -0.25) is 8.99 Å². The molecular weight excluding hydrogens is 467 g/mol. The van der Waals surface area contributed by atoms with Crippen LogP contribution in [0.3, 0.4) is 0 Å². The standard InChI is InChI=1S/C23H32ClFN4O3S/c1-15-18(11-16-7-8-21(19(24)12-16)33-28(5)6)20(14-30)29(27-15)13-17(25)9-10-26-22(31)32-23(2,3)4/h7-9,12,30H,10-11,13-14H2,1-6H3,(H,26,31)/b17-9-. The fourth-order valence-corrected chi connectivity index (χ4v) is 4.08. The number of amides is 1. The van der Waals surface area contributed by atoms with E-state index in [0.29, 0.717) is 22.8 Å². The molecule has 0 spiro atoms. The topological polar surface area (TPSA) is 79.6 Å². The highest BCUT2D eigenvalue weighted by atomic mass is 35.5. The molecule has 0 fully saturated rings. The van der Waals surface area contributed by atoms with Gasteiger partial charge in [-0.15, -0.1) is 0 Å². The van der Waals surface area contributed by atoms with Crippen LogP contribution in [-0.4, -0.2) is 51.5 Å². The van der Waals surface area contributed by atoms with Gasteiger partial charge in [0, 0.05) is 23.4 Å². The fourth-order valence-electron chi connectivity index (χ4n) is 3.10. The van der Waals surface area contributed by atoms with Crippen molar-refractivity contribution in [2.24, 2.45) is 0 Å². The zero-order chi connectivity index (χ0) is 24.8. The number of alkyl carbamates (subject to hydrolysis) is 1. The van der Waals surface area contributed by atoms with Crippen LogP contribution < -0.4 is 5.32 Å². The molecule has 0 saturated heterocycles. The zero-order valence-electron chi connectivity index (χ0n) is 19.9. The molecule has 2 aromatic rings. The number of hydrogen-bond acceptors (Lipinski definition) is 6. The summed E-state index contributed by atoms with van der Waals surface area (Å²) in [6.45, 7) is 6.65. The van der Waals surface area contributed by atoms with Gasteiger partial charge >= 0.3 is 6.09 Å². The predicted molar refractivity (Wildman–Crippen MR) is 130 cm³/mol. The molecule has 2 N–H and O–H groups in total. The SMILES string of the molecule is Cc1nn(C/C(F)=C/CNC(=O)OC(C)(C)C)c(CO)c1Cc1ccc(SN(C)C)c(Cl)c1. The van der Waals surface area contributed by atoms with Crippen LogP contribution in [0, 0.1) is 6.92 Å². The normalized spacial score (nSPS) is 12.4. The molecule has 0 unspecified atom stereocenters. The molecule has 0 aliphatic carbocycles. The van der Waals surface area contributed by atoms with Crippen molar-refractivity contribution in [3.8, 4) is 0 Å². The number of aliphatic hydroxyl groups is 1. The zero-order valence-corrected chi connectivity index (χ0v) is 21.5. The third kappa shape index (κ3) is 8.66. The number of aryl methyl sites for hydroxylation is 1. The minimum absolute atomic E-state index is 0.0158. The van der Waals surface area contributed by atoms with E-state index in [1.807, 2.05) is 43.5 Å². The van der Waals surface area contributed by atoms with Crippen LogP contribution in [0.5, 0.6) is 0 Å². The maximum absolute atomic E-state index is 14.5. The van der Waals surface area contributed by atoms with E-state index in [0.717, 1.165) is 16.0 Å². The quantitative estimate of drug-likeness (QED) is 0.480. The maximum Gasteiger partial charge on any atom is 0.407 e. The second-order valence-electron chi connectivity index (χ2n) is 8.71. The number of nitrogens with one attached hydrogen (secondary N) is 1. The van der Waals surface area contributed by atoms with Gasteiger partial charge in [-0.05, 0) is 77.5 Å². The van der Waals surface area contributed by atoms with Gasteiger partial charge in [0.1, 0.15) is 11.4 Å². The van der Waals surface area contributed by atoms with Crippen LogP contribution in [0.25, 0.3) is 0 Å². The first-order valence-electron chi connectivity index (χ1n) is 10.5. The Balaban J connectivity index is 2.09. The highest BCUT2D eigenvalue weighted by Gasteiger charge is 2.18. The van der Waals surface area contributed by atoms with Gasteiger partial charge in [-0.25, -0.2) is 9.18 Å². The molecule has 0 aliphatic rings. The largest absolute Gasteiger partial charge is 0.444 e. The molecule has 7 nitrogen and oxygen atoms in total. The maximum atomic E-state index is 14.5. The summed E-state index contributed by atoms with van der Waals surface area (Å²) < 4.78 is 23.0. The summed E-state index contributed by atoms with van der Waals surface area (Å²) in [7, 11) is 3.89. The number of rotatable bonds is 9. The number of nitrogens with zero attached hydrogens (tertiary/aromatic N) is 3. The summed E-state index contributed by atoms with van der Waals surface area (Å²) in [4.78, 5) is 12.6. The Morgan fingerprint density at radius 2 is 2.09 bits per heavy atom. The highest BCUT2D eigenvalue weighted by molar-refractivity contribution is 7.97. The van der Waals surface area contributed by atoms with Crippen molar-refractivity contribution < 1.29 is 19.0 Å². The monoisotopic (exact) mass is 498 g/mol. The molecule has 0 radical (unpaired) electrons. The van der Waals surface area contributed by atoms with E-state index < -0.39 is 17.5 Å². The molecule has 182 valence electrons. The lowest BCUT2D eigenvalue weighted by molar-refractivity contribution is 0.0534. The summed E-state index contributed by atoms with van der Waals surface area (Å²) in [5.41, 5.74) is 2.43. The number of carbonyl (C=O) groups excluding carboxylic acids is 1. The lowest BCUT2D eigenvalue weighted by Crippen LogP contribution is -2.32. The van der Waals surface area contributed by atoms with Crippen molar-refractivity contribution in [2.45, 2.75) is 57.8 Å². The molecule has 2 rings (SSSR count). The predicted octanol–water partition coefficient (Wildman–Crippen LogP) is 4.87. The van der Waals surface area contributed by atoms with E-state index in [4.69, 9.17) is 16.3 Å². The second kappa shape index (κ2) is 11.9. The number of halogens is 2. The molecule has 1 aromatic carbocycles. The third-order valence-electron chi connectivity index (χ3n) is 4.44. The van der Waals surface area contributed by atoms with Gasteiger partial charge in [0.05, 0.1) is 29.6 Å². The first kappa shape index (κ1) is 27.2. The lowest BCUT2D eigenvalue weighted by atomic mass is 10.0. The highest BCUT2D eigenvalue weighted by Crippen LogP contribution is 2.30. The number of aromatic nitrogens is 2. The smallest absolute Gasteiger partial charge is 0.407 e. The molecule has 0 saturated carbocycles. The first-order valence-corrected chi connectivity index (χ1v) is 11.7. The summed E-state index contributed by atoms with van der Waals surface area (Å²) in [6, 6.07) is 5.84. The van der Waals surface area contributed by atoms with Crippen molar-refractivity contribution >= 4 is 29.6 Å². The molecule has 33 heavy (non-hydrogen) atoms. The Labute approximate surface area is 204 Å². The van der Waals surface area contributed by atoms with Gasteiger partial charge in [0.25, 0.3) is 0 Å². The molecule has 0 bridgehead atoms. The summed E-state index contributed by atoms with van der Waals surface area (Å²) >= 11 is 7.96. The van der Waals surface area contributed by atoms with Gasteiger partial charge < -0.3 is 15.2 Å². The molecular formula is C23H32ClFN4O3S. The summed E-state index contributed by atoms with van der Waals surface area (Å²) in [5, 5.41) is 17.5. The Morgan fingerprint density at radius 3 is 2.67 bits per heavy atom. The Morgan fingerprint density at radius 1 is 1.39 bits per heavy atom. The van der Waals surface area contributed by atoms with E-state index in [1.54, 1.807) is 20.8 Å². The van der Waals surface area contributed by atoms with Crippen LogP contribution in [0.4, 0.5) is 9.18 Å². The average molecular weight is 499 g/mol. The lowest BCUT2D eigenvalue weighted by Gasteiger charge is -2.19. The van der Waals surface area contributed by atoms with Crippen molar-refractivity contribution in [3.63, 3.8) is 0 Å². The van der Waals surface area contributed by atoms with Gasteiger partial charge in [0.15, 0.2) is 0 Å². The van der Waals surface area contributed by atoms with E-state index >= 15 is 0 Å². The van der Waals surface area contributed by atoms with Crippen LogP contribution in [-0.2, 0) is 24.3 Å². The van der Waals surface area contributed by atoms with E-state index in [1.165, 1.54) is 22.7 Å². The van der Waals surface area contributed by atoms with Crippen molar-refractivity contribution in [3.05, 3.63) is 57.6 Å². The third-order valence-corrected chi connectivity index (χ3v) is 5.79. The number of carbonyl (C=O) groups is 1. The molecule has 10 heteroatoms. The van der Waals surface area contributed by atoms with E-state index in [-0.39, 0.29) is 19.7 Å². The number of allylic oxidation sites excluding steroid dienone is 1. The van der Waals surface area contributed by atoms with Gasteiger partial charge in [-0.1, -0.05) is 17.7 Å². The fraction of sp³-hybridized carbons (Fsp3) is 0.478. The minimum atomic E-state index is -0.624. The van der Waals surface area contributed by atoms with E-state index in [2.05, 4.69) is 10.4 Å². The molecule has 1 heterocycles. The van der Waals surface area contributed by atoms with Crippen molar-refractivity contribution in [1.82, 2.24) is 19.4 Å². The van der Waals surface area contributed by atoms with Crippen LogP contribution >= 0.6 is 23.5 Å². The molecule has 1 amide bonds. The Bertz CT molecular complexity index is 1000. The number of ether oxygens (including phenoxy) is 1. The van der Waals surface area contributed by atoms with Gasteiger partial charge in [0.2, 0.25) is 0 Å². The number of benzene rings is 1. The summed E-state index contributed by atoms with van der Waals surface area (Å²) in [6.07, 6.45) is 1.15. The number of hydrogen-bond donors (Lipinski definition) is 2. The van der Waals surface area contributed by atoms with Crippen molar-refractivity contribution in [2.75, 3.05) is 20.6 Å². The minimum Gasteiger partial charge on any atom is -0.444 e. The molecule has 0 atom stereocenters. The van der Waals surface area contributed by atoms with Crippen LogP contribution in [0.15, 0.2) is 35.0 Å². The summed E-state index contributed by atoms with van der Waals surface area (Å²) in [5.74, 6) is -0.483.